The lowest BCUT2D eigenvalue weighted by atomic mass is 10.1. The molecule has 0 aromatic heterocycles. The van der Waals surface area contributed by atoms with Crippen LogP contribution in [0, 0.1) is 10.1 Å². The van der Waals surface area contributed by atoms with Crippen molar-refractivity contribution in [2.75, 3.05) is 13.7 Å². The van der Waals surface area contributed by atoms with E-state index in [1.54, 1.807) is 0 Å². The Morgan fingerprint density at radius 2 is 2.19 bits per heavy atom. The van der Waals surface area contributed by atoms with Crippen LogP contribution in [-0.2, 0) is 9.53 Å². The predicted octanol–water partition coefficient (Wildman–Crippen LogP) is 2.03. The monoisotopic (exact) mass is 312 g/mol. The van der Waals surface area contributed by atoms with Crippen LogP contribution >= 0.6 is 11.6 Å². The molecule has 1 aromatic rings. The minimum atomic E-state index is -0.669. The lowest BCUT2D eigenvalue weighted by molar-refractivity contribution is -0.384. The van der Waals surface area contributed by atoms with Gasteiger partial charge < -0.3 is 9.64 Å². The summed E-state index contributed by atoms with van der Waals surface area (Å²) < 4.78 is 4.67. The highest BCUT2D eigenvalue weighted by atomic mass is 35.5. The van der Waals surface area contributed by atoms with Gasteiger partial charge in [0.2, 0.25) is 0 Å². The smallest absolute Gasteiger partial charge is 0.328 e. The number of benzene rings is 1. The maximum atomic E-state index is 12.5. The second-order valence-corrected chi connectivity index (χ2v) is 5.01. The van der Waals surface area contributed by atoms with E-state index in [4.69, 9.17) is 11.6 Å². The molecule has 0 saturated carbocycles. The van der Waals surface area contributed by atoms with Crippen molar-refractivity contribution in [2.45, 2.75) is 18.9 Å². The van der Waals surface area contributed by atoms with Gasteiger partial charge in [0.1, 0.15) is 6.04 Å². The van der Waals surface area contributed by atoms with Gasteiger partial charge in [-0.1, -0.05) is 11.6 Å². The number of amides is 1. The molecule has 7 nitrogen and oxygen atoms in total. The fourth-order valence-electron chi connectivity index (χ4n) is 2.34. The molecule has 1 aliphatic heterocycles. The number of nitro benzene ring substituents is 1. The average Bonchev–Trinajstić information content (AvgIpc) is 2.95. The first-order valence-corrected chi connectivity index (χ1v) is 6.66. The second-order valence-electron chi connectivity index (χ2n) is 4.60. The van der Waals surface area contributed by atoms with Gasteiger partial charge >= 0.3 is 5.97 Å². The maximum Gasteiger partial charge on any atom is 0.328 e. The summed E-state index contributed by atoms with van der Waals surface area (Å²) in [6.45, 7) is 0.387. The largest absolute Gasteiger partial charge is 0.467 e. The number of ether oxygens (including phenoxy) is 1. The van der Waals surface area contributed by atoms with Gasteiger partial charge in [-0.05, 0) is 18.9 Å². The molecule has 0 bridgehead atoms. The van der Waals surface area contributed by atoms with Gasteiger partial charge in [0.15, 0.2) is 0 Å². The fraction of sp³-hybridized carbons (Fsp3) is 0.385. The average molecular weight is 313 g/mol. The highest BCUT2D eigenvalue weighted by molar-refractivity contribution is 6.34. The van der Waals surface area contributed by atoms with E-state index < -0.39 is 22.8 Å². The molecule has 1 aromatic carbocycles. The first-order chi connectivity index (χ1) is 9.95. The van der Waals surface area contributed by atoms with Crippen LogP contribution in [0.3, 0.4) is 0 Å². The molecule has 1 fully saturated rings. The zero-order valence-corrected chi connectivity index (χ0v) is 12.0. The number of likely N-dealkylation sites (tertiary alicyclic amines) is 1. The maximum absolute atomic E-state index is 12.5. The first kappa shape index (κ1) is 15.2. The molecule has 1 atom stereocenters. The lowest BCUT2D eigenvalue weighted by Crippen LogP contribution is -2.41. The van der Waals surface area contributed by atoms with Crippen LogP contribution in [0.25, 0.3) is 0 Å². The molecule has 8 heteroatoms. The van der Waals surface area contributed by atoms with Crippen molar-refractivity contribution in [1.82, 2.24) is 4.90 Å². The van der Waals surface area contributed by atoms with E-state index in [1.165, 1.54) is 24.1 Å². The quantitative estimate of drug-likeness (QED) is 0.484. The molecular formula is C13H13ClN2O5. The molecule has 1 amide bonds. The van der Waals surface area contributed by atoms with Crippen molar-refractivity contribution in [3.63, 3.8) is 0 Å². The van der Waals surface area contributed by atoms with Crippen molar-refractivity contribution >= 4 is 29.2 Å². The molecule has 0 radical (unpaired) electrons. The molecule has 0 aliphatic carbocycles. The van der Waals surface area contributed by atoms with Gasteiger partial charge in [-0.2, -0.15) is 0 Å². The van der Waals surface area contributed by atoms with Gasteiger partial charge in [-0.3, -0.25) is 14.9 Å². The number of nitro groups is 1. The topological polar surface area (TPSA) is 89.8 Å². The fourth-order valence-corrected chi connectivity index (χ4v) is 2.53. The van der Waals surface area contributed by atoms with Crippen LogP contribution in [0.1, 0.15) is 23.2 Å². The Bertz CT molecular complexity index is 604. The summed E-state index contributed by atoms with van der Waals surface area (Å²) in [6.07, 6.45) is 1.17. The third kappa shape index (κ3) is 2.97. The van der Waals surface area contributed by atoms with Gasteiger partial charge in [-0.15, -0.1) is 0 Å². The molecule has 0 N–H and O–H groups in total. The van der Waals surface area contributed by atoms with E-state index in [2.05, 4.69) is 4.74 Å². The normalized spacial score (nSPS) is 17.6. The molecule has 21 heavy (non-hydrogen) atoms. The Morgan fingerprint density at radius 1 is 1.48 bits per heavy atom. The number of carbonyl (C=O) groups is 2. The summed E-state index contributed by atoms with van der Waals surface area (Å²) in [5.41, 5.74) is -0.210. The number of rotatable bonds is 3. The van der Waals surface area contributed by atoms with Crippen LogP contribution < -0.4 is 0 Å². The summed E-state index contributed by atoms with van der Waals surface area (Å²) in [6, 6.07) is 2.98. The van der Waals surface area contributed by atoms with Crippen LogP contribution in [-0.4, -0.2) is 41.4 Å². The summed E-state index contributed by atoms with van der Waals surface area (Å²) in [5.74, 6) is -1.00. The molecule has 1 heterocycles. The van der Waals surface area contributed by atoms with E-state index in [9.17, 15) is 19.7 Å². The van der Waals surface area contributed by atoms with E-state index in [0.29, 0.717) is 19.4 Å². The van der Waals surface area contributed by atoms with Crippen molar-refractivity contribution in [3.8, 4) is 0 Å². The molecule has 2 rings (SSSR count). The highest BCUT2D eigenvalue weighted by Gasteiger charge is 2.36. The molecule has 1 saturated heterocycles. The number of hydrogen-bond donors (Lipinski definition) is 0. The van der Waals surface area contributed by atoms with Gasteiger partial charge in [0.25, 0.3) is 11.6 Å². The number of halogens is 1. The summed E-state index contributed by atoms with van der Waals surface area (Å²) >= 11 is 5.95. The van der Waals surface area contributed by atoms with Crippen LogP contribution in [0.4, 0.5) is 5.69 Å². The number of hydrogen-bond acceptors (Lipinski definition) is 5. The minimum Gasteiger partial charge on any atom is -0.467 e. The van der Waals surface area contributed by atoms with E-state index >= 15 is 0 Å². The Balaban J connectivity index is 2.33. The van der Waals surface area contributed by atoms with Gasteiger partial charge in [-0.25, -0.2) is 4.79 Å². The summed E-state index contributed by atoms with van der Waals surface area (Å²) in [7, 11) is 1.25. The standard InChI is InChI=1S/C13H13ClN2O5/c1-21-13(18)11-3-2-6-15(11)12(17)9-7-8(16(19)20)4-5-10(9)14/h4-5,7,11H,2-3,6H2,1H3. The zero-order chi connectivity index (χ0) is 15.6. The molecule has 1 unspecified atom stereocenters. The summed E-state index contributed by atoms with van der Waals surface area (Å²) in [5, 5.41) is 10.9. The third-order valence-corrected chi connectivity index (χ3v) is 3.71. The molecule has 0 spiro atoms. The Hall–Kier alpha value is -2.15. The lowest BCUT2D eigenvalue weighted by Gasteiger charge is -2.23. The van der Waals surface area contributed by atoms with Gasteiger partial charge in [0, 0.05) is 18.7 Å². The van der Waals surface area contributed by atoms with E-state index in [0.717, 1.165) is 6.07 Å². The van der Waals surface area contributed by atoms with Crippen LogP contribution in [0.15, 0.2) is 18.2 Å². The second kappa shape index (κ2) is 6.09. The SMILES string of the molecule is COC(=O)C1CCCN1C(=O)c1cc([N+](=O)[O-])ccc1Cl. The third-order valence-electron chi connectivity index (χ3n) is 3.38. The van der Waals surface area contributed by atoms with Crippen molar-refractivity contribution in [3.05, 3.63) is 38.9 Å². The number of esters is 1. The first-order valence-electron chi connectivity index (χ1n) is 6.28. The number of nitrogens with zero attached hydrogens (tertiary/aromatic N) is 2. The highest BCUT2D eigenvalue weighted by Crippen LogP contribution is 2.27. The minimum absolute atomic E-state index is 0.0154. The number of non-ortho nitro benzene ring substituents is 1. The molecule has 112 valence electrons. The van der Waals surface area contributed by atoms with Crippen molar-refractivity contribution in [2.24, 2.45) is 0 Å². The van der Waals surface area contributed by atoms with Crippen molar-refractivity contribution in [1.29, 1.82) is 0 Å². The Morgan fingerprint density at radius 3 is 2.81 bits per heavy atom. The number of carbonyl (C=O) groups excluding carboxylic acids is 2. The predicted molar refractivity (Wildman–Crippen MR) is 74.2 cm³/mol. The van der Waals surface area contributed by atoms with Crippen molar-refractivity contribution < 1.29 is 19.2 Å². The Kier molecular flexibility index (Phi) is 4.42. The van der Waals surface area contributed by atoms with Crippen LogP contribution in [0.2, 0.25) is 5.02 Å². The van der Waals surface area contributed by atoms with E-state index in [1.807, 2.05) is 0 Å². The summed E-state index contributed by atoms with van der Waals surface area (Å²) in [4.78, 5) is 35.7. The van der Waals surface area contributed by atoms with Gasteiger partial charge in [0.05, 0.1) is 22.6 Å². The number of methoxy groups -OCH3 is 1. The van der Waals surface area contributed by atoms with Crippen LogP contribution in [0.5, 0.6) is 0 Å². The zero-order valence-electron chi connectivity index (χ0n) is 11.2. The molecular weight excluding hydrogens is 300 g/mol. The van der Waals surface area contributed by atoms with E-state index in [-0.39, 0.29) is 16.3 Å². The Labute approximate surface area is 125 Å². The molecule has 1 aliphatic rings.